The van der Waals surface area contributed by atoms with Gasteiger partial charge in [0.15, 0.2) is 5.65 Å². The normalized spacial score (nSPS) is 21.1. The highest BCUT2D eigenvalue weighted by Gasteiger charge is 2.30. The summed E-state index contributed by atoms with van der Waals surface area (Å²) in [4.78, 5) is 14.0. The fourth-order valence-electron chi connectivity index (χ4n) is 5.86. The molecule has 2 aromatic carbocycles. The van der Waals surface area contributed by atoms with Gasteiger partial charge in [0.25, 0.3) is 0 Å². The van der Waals surface area contributed by atoms with Crippen molar-refractivity contribution in [1.29, 1.82) is 0 Å². The molecule has 0 radical (unpaired) electrons. The molecular weight excluding hydrogens is 476 g/mol. The Hall–Kier alpha value is -3.53. The van der Waals surface area contributed by atoms with Crippen LogP contribution in [0.3, 0.4) is 0 Å². The minimum atomic E-state index is 0.307. The smallest absolute Gasteiger partial charge is 0.164 e. The van der Waals surface area contributed by atoms with Crippen molar-refractivity contribution in [2.45, 2.75) is 44.3 Å². The van der Waals surface area contributed by atoms with Crippen molar-refractivity contribution in [2.75, 3.05) is 39.0 Å². The van der Waals surface area contributed by atoms with Crippen LogP contribution in [0.1, 0.15) is 37.3 Å². The zero-order valence-electron chi connectivity index (χ0n) is 22.0. The molecule has 9 heteroatoms. The number of fused-ring (bicyclic) bond motifs is 1. The molecule has 1 saturated carbocycles. The monoisotopic (exact) mass is 512 g/mol. The highest BCUT2D eigenvalue weighted by molar-refractivity contribution is 5.98. The number of hydrogen-bond acceptors (Lipinski definition) is 8. The average molecular weight is 513 g/mol. The van der Waals surface area contributed by atoms with E-state index in [-0.39, 0.29) is 0 Å². The molecule has 1 aliphatic carbocycles. The van der Waals surface area contributed by atoms with Gasteiger partial charge in [0.2, 0.25) is 0 Å². The van der Waals surface area contributed by atoms with Gasteiger partial charge in [0.1, 0.15) is 29.3 Å². The molecule has 4 aromatic rings. The Morgan fingerprint density at radius 1 is 0.895 bits per heavy atom. The predicted octanol–water partition coefficient (Wildman–Crippen LogP) is 4.06. The first kappa shape index (κ1) is 24.8. The largest absolute Gasteiger partial charge is 0.457 e. The van der Waals surface area contributed by atoms with E-state index in [4.69, 9.17) is 21.3 Å². The third kappa shape index (κ3) is 4.97. The van der Waals surface area contributed by atoms with Gasteiger partial charge in [-0.15, -0.1) is 0 Å². The number of anilines is 1. The predicted molar refractivity (Wildman–Crippen MR) is 150 cm³/mol. The zero-order chi connectivity index (χ0) is 26.1. The molecule has 4 N–H and O–H groups in total. The number of nitrogens with zero attached hydrogens (tertiary/aromatic N) is 6. The van der Waals surface area contributed by atoms with E-state index in [1.54, 1.807) is 6.33 Å². The molecule has 2 fully saturated rings. The minimum Gasteiger partial charge on any atom is -0.457 e. The van der Waals surface area contributed by atoms with Crippen LogP contribution in [0.5, 0.6) is 11.5 Å². The Morgan fingerprint density at radius 2 is 1.63 bits per heavy atom. The Morgan fingerprint density at radius 3 is 2.37 bits per heavy atom. The second-order valence-electron chi connectivity index (χ2n) is 10.5. The first-order valence-corrected chi connectivity index (χ1v) is 13.6. The Kier molecular flexibility index (Phi) is 6.97. The SMILES string of the molecule is CN1CCN(C2CCC(n3nc(-c4ccc(Oc5cccc(CN)c5)cc4)c4c(N)ncnc43)CC2)CC1. The standard InChI is InChI=1S/C29H36N8O/c1-35-13-15-36(16-14-35)22-7-9-23(10-8-22)37-29-26(28(31)32-19-33-29)27(34-37)21-5-11-24(12-6-21)38-25-4-2-3-20(17-25)18-30/h2-6,11-12,17,19,22-23H,7-10,13-16,18,30H2,1H3,(H2,31,32,33). The summed E-state index contributed by atoms with van der Waals surface area (Å²) in [5, 5.41) is 5.90. The van der Waals surface area contributed by atoms with Crippen molar-refractivity contribution < 1.29 is 4.74 Å². The maximum Gasteiger partial charge on any atom is 0.164 e. The topological polar surface area (TPSA) is 111 Å². The Labute approximate surface area is 223 Å². The number of piperazine rings is 1. The van der Waals surface area contributed by atoms with Gasteiger partial charge in [0, 0.05) is 44.3 Å². The van der Waals surface area contributed by atoms with Crippen molar-refractivity contribution >= 4 is 16.9 Å². The highest BCUT2D eigenvalue weighted by atomic mass is 16.5. The van der Waals surface area contributed by atoms with Crippen LogP contribution in [0.25, 0.3) is 22.3 Å². The summed E-state index contributed by atoms with van der Waals surface area (Å²) in [5.41, 5.74) is 15.8. The van der Waals surface area contributed by atoms with Crippen LogP contribution in [0.4, 0.5) is 5.82 Å². The molecule has 6 rings (SSSR count). The van der Waals surface area contributed by atoms with E-state index >= 15 is 0 Å². The molecule has 1 saturated heterocycles. The summed E-state index contributed by atoms with van der Waals surface area (Å²) in [6.45, 7) is 5.14. The lowest BCUT2D eigenvalue weighted by Gasteiger charge is -2.41. The van der Waals surface area contributed by atoms with Crippen LogP contribution in [-0.4, -0.2) is 68.8 Å². The number of aromatic nitrogens is 4. The molecule has 2 aliphatic rings. The maximum atomic E-state index is 6.38. The van der Waals surface area contributed by atoms with E-state index in [0.29, 0.717) is 24.4 Å². The van der Waals surface area contributed by atoms with Crippen LogP contribution >= 0.6 is 0 Å². The summed E-state index contributed by atoms with van der Waals surface area (Å²) in [7, 11) is 2.21. The third-order valence-corrected chi connectivity index (χ3v) is 8.08. The number of ether oxygens (including phenoxy) is 1. The molecule has 0 amide bonds. The van der Waals surface area contributed by atoms with E-state index in [1.165, 1.54) is 25.9 Å². The number of nitrogen functional groups attached to an aromatic ring is 1. The molecular formula is C29H36N8O. The molecule has 0 unspecified atom stereocenters. The van der Waals surface area contributed by atoms with E-state index < -0.39 is 0 Å². The minimum absolute atomic E-state index is 0.307. The lowest BCUT2D eigenvalue weighted by molar-refractivity contribution is 0.0815. The van der Waals surface area contributed by atoms with Gasteiger partial charge in [-0.1, -0.05) is 12.1 Å². The number of rotatable bonds is 6. The van der Waals surface area contributed by atoms with E-state index in [0.717, 1.165) is 65.3 Å². The van der Waals surface area contributed by atoms with Crippen LogP contribution < -0.4 is 16.2 Å². The number of hydrogen-bond donors (Lipinski definition) is 2. The fourth-order valence-corrected chi connectivity index (χ4v) is 5.86. The third-order valence-electron chi connectivity index (χ3n) is 8.08. The van der Waals surface area contributed by atoms with Crippen LogP contribution in [0.2, 0.25) is 0 Å². The summed E-state index contributed by atoms with van der Waals surface area (Å²) < 4.78 is 8.15. The van der Waals surface area contributed by atoms with Gasteiger partial charge >= 0.3 is 0 Å². The summed E-state index contributed by atoms with van der Waals surface area (Å²) in [6, 6.07) is 16.7. The molecule has 2 aromatic heterocycles. The lowest BCUT2D eigenvalue weighted by atomic mass is 9.90. The number of benzene rings is 2. The molecule has 0 spiro atoms. The van der Waals surface area contributed by atoms with Crippen LogP contribution in [-0.2, 0) is 6.54 Å². The van der Waals surface area contributed by atoms with Crippen LogP contribution in [0, 0.1) is 0 Å². The van der Waals surface area contributed by atoms with Gasteiger partial charge in [0.05, 0.1) is 11.4 Å². The first-order valence-electron chi connectivity index (χ1n) is 13.6. The quantitative estimate of drug-likeness (QED) is 0.398. The number of nitrogens with two attached hydrogens (primary N) is 2. The van der Waals surface area contributed by atoms with Crippen molar-refractivity contribution in [1.82, 2.24) is 29.5 Å². The Balaban J connectivity index is 1.23. The highest BCUT2D eigenvalue weighted by Crippen LogP contribution is 2.37. The van der Waals surface area contributed by atoms with Gasteiger partial charge in [-0.05, 0) is 74.7 Å². The van der Waals surface area contributed by atoms with Crippen LogP contribution in [0.15, 0.2) is 54.9 Å². The van der Waals surface area contributed by atoms with Gasteiger partial charge in [-0.25, -0.2) is 14.6 Å². The first-order chi connectivity index (χ1) is 18.6. The van der Waals surface area contributed by atoms with Gasteiger partial charge < -0.3 is 21.1 Å². The zero-order valence-corrected chi connectivity index (χ0v) is 22.0. The maximum absolute atomic E-state index is 6.38. The number of likely N-dealkylation sites (N-methyl/N-ethyl adjacent to an activating group) is 1. The molecule has 0 atom stereocenters. The van der Waals surface area contributed by atoms with E-state index in [2.05, 4.69) is 31.5 Å². The molecule has 38 heavy (non-hydrogen) atoms. The average Bonchev–Trinajstić information content (AvgIpc) is 3.35. The second kappa shape index (κ2) is 10.7. The van der Waals surface area contributed by atoms with E-state index in [9.17, 15) is 0 Å². The van der Waals surface area contributed by atoms with Crippen molar-refractivity contribution in [3.8, 4) is 22.8 Å². The molecule has 3 heterocycles. The van der Waals surface area contributed by atoms with Crippen molar-refractivity contribution in [2.24, 2.45) is 5.73 Å². The molecule has 1 aliphatic heterocycles. The van der Waals surface area contributed by atoms with Crippen molar-refractivity contribution in [3.05, 3.63) is 60.4 Å². The molecule has 0 bridgehead atoms. The summed E-state index contributed by atoms with van der Waals surface area (Å²) in [6.07, 6.45) is 6.09. The Bertz CT molecular complexity index is 1390. The van der Waals surface area contributed by atoms with Gasteiger partial charge in [-0.3, -0.25) is 4.90 Å². The molecule has 198 valence electrons. The van der Waals surface area contributed by atoms with Crippen molar-refractivity contribution in [3.63, 3.8) is 0 Å². The van der Waals surface area contributed by atoms with E-state index in [1.807, 2.05) is 48.5 Å². The molecule has 9 nitrogen and oxygen atoms in total. The fraction of sp³-hybridized carbons (Fsp3) is 0.414. The van der Waals surface area contributed by atoms with Gasteiger partial charge in [-0.2, -0.15) is 5.10 Å². The second-order valence-corrected chi connectivity index (χ2v) is 10.5. The lowest BCUT2D eigenvalue weighted by Crippen LogP contribution is -2.49. The summed E-state index contributed by atoms with van der Waals surface area (Å²) >= 11 is 0. The summed E-state index contributed by atoms with van der Waals surface area (Å²) in [5.74, 6) is 1.97.